The summed E-state index contributed by atoms with van der Waals surface area (Å²) in [5.74, 6) is -0.907. The first-order valence-corrected chi connectivity index (χ1v) is 30.7. The van der Waals surface area contributed by atoms with Crippen molar-refractivity contribution < 1.29 is 28.6 Å². The third-order valence-corrected chi connectivity index (χ3v) is 13.1. The number of ether oxygens (including phenoxy) is 3. The van der Waals surface area contributed by atoms with Crippen LogP contribution in [0.15, 0.2) is 97.2 Å². The lowest BCUT2D eigenvalue weighted by Gasteiger charge is -2.18. The topological polar surface area (TPSA) is 78.9 Å². The van der Waals surface area contributed by atoms with Crippen LogP contribution >= 0.6 is 0 Å². The van der Waals surface area contributed by atoms with Crippen molar-refractivity contribution in [3.63, 3.8) is 0 Å². The second-order valence-corrected chi connectivity index (χ2v) is 20.2. The Morgan fingerprint density at radius 1 is 0.288 bits per heavy atom. The van der Waals surface area contributed by atoms with Gasteiger partial charge < -0.3 is 14.2 Å². The number of carbonyl (C=O) groups excluding carboxylic acids is 3. The first-order valence-electron chi connectivity index (χ1n) is 30.7. The van der Waals surface area contributed by atoms with Crippen molar-refractivity contribution >= 4 is 17.9 Å². The van der Waals surface area contributed by atoms with Crippen molar-refractivity contribution in [1.82, 2.24) is 0 Å². The van der Waals surface area contributed by atoms with E-state index in [1.165, 1.54) is 122 Å². The third-order valence-electron chi connectivity index (χ3n) is 13.1. The zero-order chi connectivity index (χ0) is 52.9. The number of esters is 3. The van der Waals surface area contributed by atoms with Gasteiger partial charge in [-0.2, -0.15) is 0 Å². The van der Waals surface area contributed by atoms with Crippen LogP contribution in [0.4, 0.5) is 0 Å². The first kappa shape index (κ1) is 69.3. The summed E-state index contributed by atoms with van der Waals surface area (Å²) in [6.45, 7) is 6.50. The van der Waals surface area contributed by atoms with E-state index in [1.807, 2.05) is 0 Å². The van der Waals surface area contributed by atoms with Crippen LogP contribution < -0.4 is 0 Å². The molecule has 0 spiro atoms. The Hall–Kier alpha value is -3.67. The van der Waals surface area contributed by atoms with Crippen LogP contribution in [0.2, 0.25) is 0 Å². The summed E-state index contributed by atoms with van der Waals surface area (Å²) in [5.41, 5.74) is 0. The highest BCUT2D eigenvalue weighted by molar-refractivity contribution is 5.71. The van der Waals surface area contributed by atoms with E-state index in [2.05, 4.69) is 118 Å². The highest BCUT2D eigenvalue weighted by atomic mass is 16.6. The molecule has 0 aromatic heterocycles. The number of hydrogen-bond acceptors (Lipinski definition) is 6. The summed E-state index contributed by atoms with van der Waals surface area (Å²) < 4.78 is 16.9. The van der Waals surface area contributed by atoms with Gasteiger partial charge in [-0.15, -0.1) is 0 Å². The van der Waals surface area contributed by atoms with Crippen LogP contribution in [0.3, 0.4) is 0 Å². The van der Waals surface area contributed by atoms with E-state index in [0.717, 1.165) is 128 Å². The largest absolute Gasteiger partial charge is 0.462 e. The van der Waals surface area contributed by atoms with Gasteiger partial charge in [0.25, 0.3) is 0 Å². The zero-order valence-electron chi connectivity index (χ0n) is 47.9. The fourth-order valence-corrected chi connectivity index (χ4v) is 8.48. The molecular weight excluding hydrogens is 901 g/mol. The second kappa shape index (κ2) is 60.9. The average molecular weight is 1020 g/mol. The van der Waals surface area contributed by atoms with Gasteiger partial charge >= 0.3 is 17.9 Å². The molecule has 1 atom stereocenters. The van der Waals surface area contributed by atoms with Gasteiger partial charge in [-0.1, -0.05) is 266 Å². The van der Waals surface area contributed by atoms with Gasteiger partial charge in [0.05, 0.1) is 0 Å². The SMILES string of the molecule is CC/C=C\C/C=C\C/C=C\C/C=C\C/C=C\CCCCCCCC(=O)OC(COC(=O)CCCCCCCCCC/C=C\C/C=C\C/C=C\CCCCCCC)COC(=O)CCCCCCCCCCCCC. The normalized spacial score (nSPS) is 12.8. The molecule has 0 aliphatic rings. The number of allylic oxidation sites excluding steroid dienone is 16. The van der Waals surface area contributed by atoms with E-state index in [0.29, 0.717) is 19.3 Å². The number of hydrogen-bond donors (Lipinski definition) is 0. The van der Waals surface area contributed by atoms with Crippen LogP contribution in [0.5, 0.6) is 0 Å². The summed E-state index contributed by atoms with van der Waals surface area (Å²) in [6, 6.07) is 0. The fraction of sp³-hybridized carbons (Fsp3) is 0.716. The maximum atomic E-state index is 12.9. The summed E-state index contributed by atoms with van der Waals surface area (Å²) in [5, 5.41) is 0. The summed E-state index contributed by atoms with van der Waals surface area (Å²) in [4.78, 5) is 38.2. The summed E-state index contributed by atoms with van der Waals surface area (Å²) >= 11 is 0. The zero-order valence-corrected chi connectivity index (χ0v) is 47.9. The molecule has 0 aromatic carbocycles. The van der Waals surface area contributed by atoms with E-state index in [4.69, 9.17) is 14.2 Å². The molecule has 73 heavy (non-hydrogen) atoms. The lowest BCUT2D eigenvalue weighted by atomic mass is 10.1. The van der Waals surface area contributed by atoms with Crippen molar-refractivity contribution in [2.75, 3.05) is 13.2 Å². The molecule has 0 fully saturated rings. The molecule has 0 amide bonds. The molecule has 0 saturated heterocycles. The molecule has 0 heterocycles. The molecule has 0 rings (SSSR count). The van der Waals surface area contributed by atoms with Crippen molar-refractivity contribution in [3.8, 4) is 0 Å². The Morgan fingerprint density at radius 3 is 0.836 bits per heavy atom. The predicted octanol–water partition coefficient (Wildman–Crippen LogP) is 20.9. The molecule has 6 nitrogen and oxygen atoms in total. The molecule has 0 N–H and O–H groups in total. The van der Waals surface area contributed by atoms with Gasteiger partial charge in [-0.25, -0.2) is 0 Å². The van der Waals surface area contributed by atoms with Gasteiger partial charge in [0.15, 0.2) is 6.10 Å². The van der Waals surface area contributed by atoms with Crippen molar-refractivity contribution in [2.45, 2.75) is 297 Å². The Kier molecular flexibility index (Phi) is 57.8. The maximum absolute atomic E-state index is 12.9. The van der Waals surface area contributed by atoms with Crippen molar-refractivity contribution in [2.24, 2.45) is 0 Å². The summed E-state index contributed by atoms with van der Waals surface area (Å²) in [7, 11) is 0. The highest BCUT2D eigenvalue weighted by Gasteiger charge is 2.19. The number of carbonyl (C=O) groups is 3. The quantitative estimate of drug-likeness (QED) is 0.0261. The van der Waals surface area contributed by atoms with Gasteiger partial charge in [-0.3, -0.25) is 14.4 Å². The number of unbranched alkanes of at least 4 members (excludes halogenated alkanes) is 28. The smallest absolute Gasteiger partial charge is 0.306 e. The first-order chi connectivity index (χ1) is 36.0. The van der Waals surface area contributed by atoms with Crippen LogP contribution in [-0.4, -0.2) is 37.2 Å². The Morgan fingerprint density at radius 2 is 0.534 bits per heavy atom. The Bertz CT molecular complexity index is 1440. The molecule has 0 aliphatic heterocycles. The standard InChI is InChI=1S/C67H114O6/c1-4-7-10-13-16-19-22-24-26-28-30-32-33-35-36-38-40-42-45-48-51-54-57-60-66(69)72-63-64(62-71-65(68)59-56-53-50-47-44-21-18-15-12-9-6-3)73-67(70)61-58-55-52-49-46-43-41-39-37-34-31-29-27-25-23-20-17-14-11-8-5-2/h8,11,17,20,22,24-25,27-28,30-31,33-35,39,41,64H,4-7,9-10,12-16,18-19,21,23,26,29,32,36-38,40,42-63H2,1-3H3/b11-8-,20-17-,24-22-,27-25-,30-28-,34-31-,35-33-,41-39-. The molecule has 1 unspecified atom stereocenters. The lowest BCUT2D eigenvalue weighted by Crippen LogP contribution is -2.30. The Labute approximate surface area is 451 Å². The molecule has 0 radical (unpaired) electrons. The van der Waals surface area contributed by atoms with Crippen LogP contribution in [0, 0.1) is 0 Å². The molecule has 0 aliphatic carbocycles. The fourth-order valence-electron chi connectivity index (χ4n) is 8.48. The van der Waals surface area contributed by atoms with Gasteiger partial charge in [0.1, 0.15) is 13.2 Å². The molecule has 418 valence electrons. The minimum atomic E-state index is -0.791. The summed E-state index contributed by atoms with van der Waals surface area (Å²) in [6.07, 6.45) is 81.2. The van der Waals surface area contributed by atoms with Crippen molar-refractivity contribution in [1.29, 1.82) is 0 Å². The second-order valence-electron chi connectivity index (χ2n) is 20.2. The van der Waals surface area contributed by atoms with E-state index in [1.54, 1.807) is 0 Å². The minimum Gasteiger partial charge on any atom is -0.462 e. The van der Waals surface area contributed by atoms with E-state index < -0.39 is 6.10 Å². The van der Waals surface area contributed by atoms with Gasteiger partial charge in [0.2, 0.25) is 0 Å². The third kappa shape index (κ3) is 59.1. The van der Waals surface area contributed by atoms with E-state index >= 15 is 0 Å². The van der Waals surface area contributed by atoms with E-state index in [9.17, 15) is 14.4 Å². The monoisotopic (exact) mass is 1010 g/mol. The average Bonchev–Trinajstić information content (AvgIpc) is 3.39. The van der Waals surface area contributed by atoms with Crippen LogP contribution in [0.25, 0.3) is 0 Å². The number of rotatable bonds is 55. The van der Waals surface area contributed by atoms with Crippen molar-refractivity contribution in [3.05, 3.63) is 97.2 Å². The van der Waals surface area contributed by atoms with Crippen LogP contribution in [0.1, 0.15) is 290 Å². The molecule has 6 heteroatoms. The predicted molar refractivity (Wildman–Crippen MR) is 316 cm³/mol. The van der Waals surface area contributed by atoms with Crippen LogP contribution in [-0.2, 0) is 28.6 Å². The molecular formula is C67H114O6. The lowest BCUT2D eigenvalue weighted by molar-refractivity contribution is -0.167. The van der Waals surface area contributed by atoms with Gasteiger partial charge in [-0.05, 0) is 103 Å². The van der Waals surface area contributed by atoms with E-state index in [-0.39, 0.29) is 31.1 Å². The minimum absolute atomic E-state index is 0.0865. The molecule has 0 saturated carbocycles. The molecule has 0 bridgehead atoms. The maximum Gasteiger partial charge on any atom is 0.306 e. The molecule has 0 aromatic rings. The Balaban J connectivity index is 4.36. The highest BCUT2D eigenvalue weighted by Crippen LogP contribution is 2.15. The van der Waals surface area contributed by atoms with Gasteiger partial charge in [0, 0.05) is 19.3 Å².